The Kier molecular flexibility index (Phi) is 22.6. The summed E-state index contributed by atoms with van der Waals surface area (Å²) >= 11 is 0. The number of rotatable bonds is 22. The molecule has 0 aromatic rings. The molecule has 0 radical (unpaired) electrons. The van der Waals surface area contributed by atoms with Crippen LogP contribution in [0.3, 0.4) is 0 Å². The van der Waals surface area contributed by atoms with Crippen LogP contribution in [0.2, 0.25) is 0 Å². The van der Waals surface area contributed by atoms with E-state index in [-0.39, 0.29) is 35.7 Å². The zero-order valence-electron chi connectivity index (χ0n) is 27.7. The molecule has 0 heterocycles. The van der Waals surface area contributed by atoms with Crippen LogP contribution in [0.4, 0.5) is 9.59 Å². The average Bonchev–Trinajstić information content (AvgIpc) is 3.02. The molecule has 0 saturated heterocycles. The van der Waals surface area contributed by atoms with Gasteiger partial charge in [0.25, 0.3) is 0 Å². The molecule has 14 heteroatoms. The molecule has 45 heavy (non-hydrogen) atoms. The van der Waals surface area contributed by atoms with Crippen LogP contribution >= 0.6 is 0 Å². The smallest absolute Gasteiger partial charge is 0.314 e. The summed E-state index contributed by atoms with van der Waals surface area (Å²) < 4.78 is 0. The van der Waals surface area contributed by atoms with Crippen molar-refractivity contribution in [1.82, 2.24) is 40.9 Å². The van der Waals surface area contributed by atoms with E-state index in [1.165, 1.54) is 47.1 Å². The third kappa shape index (κ3) is 20.3. The van der Waals surface area contributed by atoms with Crippen LogP contribution in [0.15, 0.2) is 37.0 Å². The van der Waals surface area contributed by atoms with Crippen LogP contribution in [0.25, 0.3) is 0 Å². The van der Waals surface area contributed by atoms with Crippen LogP contribution in [-0.2, 0) is 19.2 Å². The predicted octanol–water partition coefficient (Wildman–Crippen LogP) is 1.08. The fourth-order valence-corrected chi connectivity index (χ4v) is 3.95. The first-order chi connectivity index (χ1) is 21.5. The van der Waals surface area contributed by atoms with Crippen molar-refractivity contribution >= 4 is 35.7 Å². The van der Waals surface area contributed by atoms with E-state index in [1.807, 2.05) is 13.8 Å². The van der Waals surface area contributed by atoms with Gasteiger partial charge in [-0.05, 0) is 45.6 Å². The topological polar surface area (TPSA) is 164 Å². The van der Waals surface area contributed by atoms with E-state index in [4.69, 9.17) is 0 Å². The van der Waals surface area contributed by atoms with Crippen molar-refractivity contribution in [1.29, 1.82) is 0 Å². The van der Waals surface area contributed by atoms with E-state index in [1.54, 1.807) is 23.9 Å². The number of allylic oxidation sites excluding steroid dienone is 2. The second-order valence-electron chi connectivity index (χ2n) is 10.2. The minimum Gasteiger partial charge on any atom is -0.343 e. The molecule has 14 nitrogen and oxygen atoms in total. The zero-order chi connectivity index (χ0) is 34.0. The number of hydrogen-bond acceptors (Lipinski definition) is 6. The normalized spacial score (nSPS) is 10.7. The SMILES string of the molecule is C=CC(=O)N(C)CCCNC(=O)NCCCN(C)C(=O)C=CC=CC(=O)N(CC)CCCNC(=O)NCCCN(CC)C(C)=O. The highest BCUT2D eigenvalue weighted by molar-refractivity contribution is 5.90. The van der Waals surface area contributed by atoms with Crippen molar-refractivity contribution in [2.45, 2.75) is 46.5 Å². The van der Waals surface area contributed by atoms with E-state index < -0.39 is 0 Å². The molecule has 0 fully saturated rings. The van der Waals surface area contributed by atoms with Gasteiger partial charge in [0.15, 0.2) is 0 Å². The molecule has 8 amide bonds. The van der Waals surface area contributed by atoms with E-state index in [0.29, 0.717) is 91.1 Å². The summed E-state index contributed by atoms with van der Waals surface area (Å²) in [6, 6.07) is -0.594. The van der Waals surface area contributed by atoms with Crippen LogP contribution in [0, 0.1) is 0 Å². The Morgan fingerprint density at radius 1 is 0.578 bits per heavy atom. The number of hydrogen-bond donors (Lipinski definition) is 4. The van der Waals surface area contributed by atoms with Crippen LogP contribution in [0.1, 0.15) is 46.5 Å². The van der Waals surface area contributed by atoms with Gasteiger partial charge in [-0.25, -0.2) is 9.59 Å². The Labute approximate surface area is 268 Å². The minimum absolute atomic E-state index is 0.0156. The maximum absolute atomic E-state index is 12.5. The second kappa shape index (κ2) is 25.0. The summed E-state index contributed by atoms with van der Waals surface area (Å²) in [5.74, 6) is -0.574. The Balaban J connectivity index is 4.16. The molecule has 0 aliphatic carbocycles. The third-order valence-corrected chi connectivity index (χ3v) is 6.73. The first-order valence-electron chi connectivity index (χ1n) is 15.5. The number of amides is 8. The molecule has 0 aromatic carbocycles. The molecule has 4 N–H and O–H groups in total. The quantitative estimate of drug-likeness (QED) is 0.0791. The summed E-state index contributed by atoms with van der Waals surface area (Å²) in [6.45, 7) is 13.6. The van der Waals surface area contributed by atoms with Crippen molar-refractivity contribution < 1.29 is 28.8 Å². The largest absolute Gasteiger partial charge is 0.343 e. The summed E-state index contributed by atoms with van der Waals surface area (Å²) in [6.07, 6.45) is 9.48. The van der Waals surface area contributed by atoms with Crippen molar-refractivity contribution in [3.05, 3.63) is 37.0 Å². The fourth-order valence-electron chi connectivity index (χ4n) is 3.95. The Bertz CT molecular complexity index is 1020. The maximum Gasteiger partial charge on any atom is 0.314 e. The monoisotopic (exact) mass is 634 g/mol. The first-order valence-corrected chi connectivity index (χ1v) is 15.5. The Hall–Kier alpha value is -4.36. The number of urea groups is 2. The maximum atomic E-state index is 12.5. The number of carbonyl (C=O) groups is 6. The van der Waals surface area contributed by atoms with Crippen molar-refractivity contribution in [3.63, 3.8) is 0 Å². The number of carbonyl (C=O) groups excluding carboxylic acids is 6. The Morgan fingerprint density at radius 3 is 1.36 bits per heavy atom. The highest BCUT2D eigenvalue weighted by Gasteiger charge is 2.10. The third-order valence-electron chi connectivity index (χ3n) is 6.73. The molecule has 0 aromatic heterocycles. The lowest BCUT2D eigenvalue weighted by molar-refractivity contribution is -0.129. The minimum atomic E-state index is -0.309. The first kappa shape index (κ1) is 40.6. The van der Waals surface area contributed by atoms with E-state index >= 15 is 0 Å². The summed E-state index contributed by atoms with van der Waals surface area (Å²) in [5.41, 5.74) is 0. The molecule has 0 spiro atoms. The highest BCUT2D eigenvalue weighted by Crippen LogP contribution is 1.96. The number of nitrogens with one attached hydrogen (secondary N) is 4. The molecule has 0 rings (SSSR count). The van der Waals surface area contributed by atoms with E-state index in [2.05, 4.69) is 27.8 Å². The highest BCUT2D eigenvalue weighted by atomic mass is 16.2. The molecule has 0 aliphatic rings. The molecule has 0 aliphatic heterocycles. The van der Waals surface area contributed by atoms with Crippen molar-refractivity contribution in [2.24, 2.45) is 0 Å². The zero-order valence-corrected chi connectivity index (χ0v) is 27.7. The lowest BCUT2D eigenvalue weighted by Gasteiger charge is -2.19. The standard InChI is InChI=1S/C31H54N8O6/c1-7-27(41)36(5)22-12-18-32-30(44)33-19-13-23-37(6)28(42)16-10-11-17-29(43)39(9-3)25-15-21-35-31(45)34-20-14-24-38(8-2)26(4)40/h7,10-11,16-17H,1,8-9,12-15,18-25H2,2-6H3,(H2,32,33,44)(H2,34,35,45). The van der Waals surface area contributed by atoms with Gasteiger partial charge in [0.2, 0.25) is 23.6 Å². The molecule has 0 atom stereocenters. The lowest BCUT2D eigenvalue weighted by atomic mass is 10.3. The summed E-state index contributed by atoms with van der Waals surface area (Å²) in [4.78, 5) is 77.8. The number of nitrogens with zero attached hydrogens (tertiary/aromatic N) is 4. The van der Waals surface area contributed by atoms with Crippen LogP contribution in [-0.4, -0.2) is 135 Å². The van der Waals surface area contributed by atoms with Gasteiger partial charge in [-0.3, -0.25) is 19.2 Å². The molecule has 0 bridgehead atoms. The summed E-state index contributed by atoms with van der Waals surface area (Å²) in [5, 5.41) is 11.0. The molecular formula is C31H54N8O6. The van der Waals surface area contributed by atoms with Gasteiger partial charge in [0.1, 0.15) is 0 Å². The van der Waals surface area contributed by atoms with Crippen molar-refractivity contribution in [2.75, 3.05) is 79.5 Å². The van der Waals surface area contributed by atoms with Gasteiger partial charge >= 0.3 is 12.1 Å². The van der Waals surface area contributed by atoms with Gasteiger partial charge in [0, 0.05) is 98.6 Å². The van der Waals surface area contributed by atoms with Gasteiger partial charge < -0.3 is 40.9 Å². The average molecular weight is 635 g/mol. The second-order valence-corrected chi connectivity index (χ2v) is 10.2. The van der Waals surface area contributed by atoms with Crippen molar-refractivity contribution in [3.8, 4) is 0 Å². The van der Waals surface area contributed by atoms with Crippen LogP contribution < -0.4 is 21.3 Å². The van der Waals surface area contributed by atoms with E-state index in [9.17, 15) is 28.8 Å². The van der Waals surface area contributed by atoms with Gasteiger partial charge in [-0.2, -0.15) is 0 Å². The summed E-state index contributed by atoms with van der Waals surface area (Å²) in [7, 11) is 3.33. The fraction of sp³-hybridized carbons (Fsp3) is 0.613. The predicted molar refractivity (Wildman–Crippen MR) is 175 cm³/mol. The van der Waals surface area contributed by atoms with Gasteiger partial charge in [-0.15, -0.1) is 0 Å². The molecule has 254 valence electrons. The number of likely N-dealkylation sites (N-methyl/N-ethyl adjacent to an activating group) is 3. The van der Waals surface area contributed by atoms with Gasteiger partial charge in [0.05, 0.1) is 0 Å². The molecule has 0 unspecified atom stereocenters. The van der Waals surface area contributed by atoms with Gasteiger partial charge in [-0.1, -0.05) is 18.7 Å². The lowest BCUT2D eigenvalue weighted by Crippen LogP contribution is -2.39. The van der Waals surface area contributed by atoms with E-state index in [0.717, 1.165) is 0 Å². The van der Waals surface area contributed by atoms with Crippen LogP contribution in [0.5, 0.6) is 0 Å². The molecule has 0 saturated carbocycles. The molecular weight excluding hydrogens is 580 g/mol. The Morgan fingerprint density at radius 2 is 0.956 bits per heavy atom.